The zero-order valence-electron chi connectivity index (χ0n) is 37.9. The third-order valence-corrected chi connectivity index (χ3v) is 10.1. The number of piperidine rings is 2. The molecule has 0 saturated carbocycles. The Morgan fingerprint density at radius 2 is 0.822 bits per heavy atom. The molecule has 4 heterocycles. The number of amides is 1. The monoisotopic (exact) mass is 1080 g/mol. The molecule has 0 unspecified atom stereocenters. The van der Waals surface area contributed by atoms with Gasteiger partial charge < -0.3 is 25.2 Å². The molecule has 2 aliphatic heterocycles. The third-order valence-electron chi connectivity index (χ3n) is 10.1. The number of alkyl halides is 18. The Kier molecular flexibility index (Phi) is 19.8. The van der Waals surface area contributed by atoms with E-state index < -0.39 is 82.9 Å². The van der Waals surface area contributed by atoms with Gasteiger partial charge in [-0.05, 0) is 120 Å². The van der Waals surface area contributed by atoms with Crippen molar-refractivity contribution in [3.63, 3.8) is 0 Å². The summed E-state index contributed by atoms with van der Waals surface area (Å²) in [5, 5.41) is 17.5. The van der Waals surface area contributed by atoms with E-state index in [-0.39, 0.29) is 46.5 Å². The number of rotatable bonds is 4. The van der Waals surface area contributed by atoms with Crippen LogP contribution in [0.2, 0.25) is 0 Å². The number of hydrogen-bond acceptors (Lipinski definition) is 7. The number of benzene rings is 2. The van der Waals surface area contributed by atoms with Gasteiger partial charge in [0, 0.05) is 47.4 Å². The molecule has 0 aliphatic carbocycles. The summed E-state index contributed by atoms with van der Waals surface area (Å²) < 4.78 is 226. The summed E-state index contributed by atoms with van der Waals surface area (Å²) in [5.74, 6) is -5.46. The van der Waals surface area contributed by atoms with E-state index in [0.29, 0.717) is 61.6 Å². The minimum atomic E-state index is -5.08. The van der Waals surface area contributed by atoms with Gasteiger partial charge >= 0.3 is 55.1 Å². The Hall–Kier alpha value is -6.35. The fraction of sp³-hybridized carbons (Fsp3) is 0.444. The molecule has 2 aromatic carbocycles. The maximum Gasteiger partial charge on any atom is 0.490 e. The third kappa shape index (κ3) is 19.5. The second-order valence-corrected chi connectivity index (χ2v) is 16.9. The van der Waals surface area contributed by atoms with E-state index in [9.17, 15) is 83.8 Å². The Balaban J connectivity index is 0.000000310. The van der Waals surface area contributed by atoms with Gasteiger partial charge in [0.25, 0.3) is 0 Å². The summed E-state index contributed by atoms with van der Waals surface area (Å²) in [6.07, 6.45) is -27.4. The van der Waals surface area contributed by atoms with E-state index in [1.54, 1.807) is 49.9 Å². The van der Waals surface area contributed by atoms with Crippen molar-refractivity contribution < 1.29 is 108 Å². The molecule has 73 heavy (non-hydrogen) atoms. The molecule has 6 rings (SSSR count). The van der Waals surface area contributed by atoms with Gasteiger partial charge in [0.1, 0.15) is 5.60 Å². The first-order valence-electron chi connectivity index (χ1n) is 21.0. The summed E-state index contributed by atoms with van der Waals surface area (Å²) in [5.41, 5.74) is -5.13. The summed E-state index contributed by atoms with van der Waals surface area (Å²) in [6.45, 7) is 7.73. The molecular formula is C45H42F18N4O6. The normalized spacial score (nSPS) is 15.4. The van der Waals surface area contributed by atoms with E-state index >= 15 is 0 Å². The van der Waals surface area contributed by atoms with E-state index in [4.69, 9.17) is 24.5 Å². The van der Waals surface area contributed by atoms with Crippen LogP contribution in [-0.4, -0.2) is 87.2 Å². The van der Waals surface area contributed by atoms with Gasteiger partial charge in [-0.1, -0.05) is 12.1 Å². The van der Waals surface area contributed by atoms with Gasteiger partial charge in [-0.3, -0.25) is 9.97 Å². The largest absolute Gasteiger partial charge is 0.490 e. The Labute approximate surface area is 402 Å². The molecule has 404 valence electrons. The molecule has 10 nitrogen and oxygen atoms in total. The highest BCUT2D eigenvalue weighted by atomic mass is 19.4. The first-order chi connectivity index (χ1) is 33.2. The molecule has 1 amide bonds. The minimum Gasteiger partial charge on any atom is -0.475 e. The number of nitrogens with zero attached hydrogens (tertiary/aromatic N) is 3. The van der Waals surface area contributed by atoms with Crippen molar-refractivity contribution in [2.75, 3.05) is 26.2 Å². The summed E-state index contributed by atoms with van der Waals surface area (Å²) in [4.78, 5) is 40.3. The van der Waals surface area contributed by atoms with Crippen LogP contribution < -0.4 is 5.32 Å². The molecule has 2 fully saturated rings. The van der Waals surface area contributed by atoms with E-state index in [1.165, 1.54) is 12.1 Å². The molecular weight excluding hydrogens is 1030 g/mol. The quantitative estimate of drug-likeness (QED) is 0.170. The number of aromatic nitrogens is 2. The predicted molar refractivity (Wildman–Crippen MR) is 221 cm³/mol. The topological polar surface area (TPSA) is 142 Å². The fourth-order valence-corrected chi connectivity index (χ4v) is 6.69. The second kappa shape index (κ2) is 23.7. The summed E-state index contributed by atoms with van der Waals surface area (Å²) in [7, 11) is 0. The average molecular weight is 1080 g/mol. The van der Waals surface area contributed by atoms with Crippen molar-refractivity contribution in [3.05, 3.63) is 106 Å². The molecule has 0 atom stereocenters. The number of hydrogen-bond donors (Lipinski definition) is 3. The lowest BCUT2D eigenvalue weighted by molar-refractivity contribution is -0.193. The maximum absolute atomic E-state index is 13.2. The highest BCUT2D eigenvalue weighted by Crippen LogP contribution is 2.41. The van der Waals surface area contributed by atoms with Gasteiger partial charge in [-0.15, -0.1) is 0 Å². The molecule has 2 saturated heterocycles. The van der Waals surface area contributed by atoms with Crippen LogP contribution in [0.3, 0.4) is 0 Å². The Morgan fingerprint density at radius 3 is 1.10 bits per heavy atom. The SMILES string of the molecule is CC(C)(C)OC(=O)N1CCC(c2cccc(-c3cc(C(F)(F)F)cc(C(F)(F)F)c3)n2)CC1.FC(F)(F)c1cc(-c2cccc(C3CCNCC3)n2)cc(C(F)(F)F)c1.O=C(O)C(F)(F)F.O=C(O)C(F)(F)F. The molecule has 0 spiro atoms. The number of pyridine rings is 2. The van der Waals surface area contributed by atoms with Crippen molar-refractivity contribution in [3.8, 4) is 22.5 Å². The van der Waals surface area contributed by atoms with Crippen molar-refractivity contribution >= 4 is 18.0 Å². The highest BCUT2D eigenvalue weighted by molar-refractivity contribution is 5.73. The molecule has 2 aliphatic rings. The van der Waals surface area contributed by atoms with Crippen LogP contribution in [0.4, 0.5) is 83.8 Å². The minimum absolute atomic E-state index is 0.0265. The molecule has 4 aromatic rings. The van der Waals surface area contributed by atoms with Crippen molar-refractivity contribution in [2.45, 2.75) is 101 Å². The number of carboxylic acids is 2. The summed E-state index contributed by atoms with van der Waals surface area (Å²) >= 11 is 0. The number of carbonyl (C=O) groups is 3. The van der Waals surface area contributed by atoms with Crippen LogP contribution in [0.1, 0.15) is 91.9 Å². The van der Waals surface area contributed by atoms with Gasteiger partial charge in [0.05, 0.1) is 33.6 Å². The Morgan fingerprint density at radius 1 is 0.521 bits per heavy atom. The lowest BCUT2D eigenvalue weighted by Crippen LogP contribution is -2.41. The predicted octanol–water partition coefficient (Wildman–Crippen LogP) is 13.4. The van der Waals surface area contributed by atoms with Gasteiger partial charge in [-0.2, -0.15) is 79.0 Å². The molecule has 0 bridgehead atoms. The smallest absolute Gasteiger partial charge is 0.475 e. The van der Waals surface area contributed by atoms with Crippen LogP contribution in [0.15, 0.2) is 72.8 Å². The van der Waals surface area contributed by atoms with Crippen LogP contribution >= 0.6 is 0 Å². The zero-order valence-corrected chi connectivity index (χ0v) is 37.9. The zero-order chi connectivity index (χ0) is 55.7. The molecule has 3 N–H and O–H groups in total. The first kappa shape index (κ1) is 61.0. The van der Waals surface area contributed by atoms with E-state index in [0.717, 1.165) is 25.9 Å². The van der Waals surface area contributed by atoms with Crippen molar-refractivity contribution in [2.24, 2.45) is 0 Å². The number of halogens is 18. The standard InChI is InChI=1S/C23H24F6N2O2.C18H16F6N2.2C2HF3O2/c1-21(2,3)33-20(32)31-9-7-14(8-10-31)18-5-4-6-19(30-18)15-11-16(22(24,25)26)13-17(12-15)23(27,28)29;19-17(20,21)13-8-12(9-14(10-13)18(22,23)24)16-3-1-2-15(26-16)11-4-6-25-7-5-11;2*3-2(4,5)1(6)7/h4-6,11-14H,7-10H2,1-3H3;1-3,8-11,25H,4-7H2;2*(H,6,7). The van der Waals surface area contributed by atoms with Crippen LogP contribution in [0, 0.1) is 0 Å². The van der Waals surface area contributed by atoms with E-state index in [1.807, 2.05) is 0 Å². The van der Waals surface area contributed by atoms with Gasteiger partial charge in [0.15, 0.2) is 0 Å². The second-order valence-electron chi connectivity index (χ2n) is 16.9. The number of carbonyl (C=O) groups excluding carboxylic acids is 1. The van der Waals surface area contributed by atoms with Crippen LogP contribution in [0.5, 0.6) is 0 Å². The Bertz CT molecular complexity index is 2410. The van der Waals surface area contributed by atoms with Crippen molar-refractivity contribution in [1.29, 1.82) is 0 Å². The molecule has 28 heteroatoms. The van der Waals surface area contributed by atoms with E-state index in [2.05, 4.69) is 15.3 Å². The fourth-order valence-electron chi connectivity index (χ4n) is 6.69. The average Bonchev–Trinajstić information content (AvgIpc) is 3.27. The van der Waals surface area contributed by atoms with Crippen LogP contribution in [-0.2, 0) is 39.0 Å². The number of ether oxygens (including phenoxy) is 1. The highest BCUT2D eigenvalue weighted by Gasteiger charge is 2.41. The lowest BCUT2D eigenvalue weighted by atomic mass is 9.92. The van der Waals surface area contributed by atoms with Crippen molar-refractivity contribution in [1.82, 2.24) is 20.2 Å². The number of nitrogens with one attached hydrogen (secondary N) is 1. The number of likely N-dealkylation sites (tertiary alicyclic amines) is 1. The van der Waals surface area contributed by atoms with Gasteiger partial charge in [-0.25, -0.2) is 14.4 Å². The number of aliphatic carboxylic acids is 2. The van der Waals surface area contributed by atoms with Crippen LogP contribution in [0.25, 0.3) is 22.5 Å². The maximum atomic E-state index is 13.2. The molecule has 0 radical (unpaired) electrons. The summed E-state index contributed by atoms with van der Waals surface area (Å²) in [6, 6.07) is 12.4. The molecule has 2 aromatic heterocycles. The lowest BCUT2D eigenvalue weighted by Gasteiger charge is -2.33. The first-order valence-corrected chi connectivity index (χ1v) is 21.0. The van der Waals surface area contributed by atoms with Gasteiger partial charge in [0.2, 0.25) is 0 Å². The number of carboxylic acid groups (broad SMARTS) is 2.